The van der Waals surface area contributed by atoms with Crippen molar-refractivity contribution < 1.29 is 4.39 Å². The molecule has 0 bridgehead atoms. The van der Waals surface area contributed by atoms with Crippen LogP contribution in [0.4, 0.5) is 22.0 Å². The van der Waals surface area contributed by atoms with Crippen LogP contribution in [0.5, 0.6) is 0 Å². The summed E-state index contributed by atoms with van der Waals surface area (Å²) in [6.07, 6.45) is 3.11. The molecule has 1 atom stereocenters. The molecule has 0 aliphatic rings. The molecule has 0 aliphatic carbocycles. The summed E-state index contributed by atoms with van der Waals surface area (Å²) in [5, 5.41) is 12.4. The third kappa shape index (κ3) is 3.88. The van der Waals surface area contributed by atoms with Crippen LogP contribution in [-0.4, -0.2) is 24.5 Å². The number of benzene rings is 1. The standard InChI is InChI=1S/C21H17ClFN9O/c1-9-5-11(8-27-7-9)32-19(29-16-14(23)4-3-13(22)15(16)20(32)33)10(2)28-18-12(6-24)17(25)30-21(26)31-18/h3-5,7-8,10H,1-2H3,(H5,25,26,28,30,31). The second kappa shape index (κ2) is 8.33. The van der Waals surface area contributed by atoms with Crippen molar-refractivity contribution >= 4 is 40.1 Å². The Kier molecular flexibility index (Phi) is 5.53. The van der Waals surface area contributed by atoms with Crippen LogP contribution in [0.15, 0.2) is 35.4 Å². The third-order valence-electron chi connectivity index (χ3n) is 4.88. The Morgan fingerprint density at radius 1 is 1.24 bits per heavy atom. The number of hydrogen-bond donors (Lipinski definition) is 3. The van der Waals surface area contributed by atoms with Gasteiger partial charge in [-0.3, -0.25) is 14.3 Å². The highest BCUT2D eigenvalue weighted by atomic mass is 35.5. The second-order valence-electron chi connectivity index (χ2n) is 7.25. The number of anilines is 3. The molecular formula is C21H17ClFN9O. The van der Waals surface area contributed by atoms with Crippen molar-refractivity contribution in [2.45, 2.75) is 19.9 Å². The largest absolute Gasteiger partial charge is 0.382 e. The van der Waals surface area contributed by atoms with Crippen molar-refractivity contribution in [3.05, 3.63) is 68.7 Å². The smallest absolute Gasteiger partial charge is 0.267 e. The number of rotatable bonds is 4. The van der Waals surface area contributed by atoms with E-state index in [1.165, 1.54) is 16.8 Å². The van der Waals surface area contributed by atoms with Gasteiger partial charge in [0, 0.05) is 6.20 Å². The van der Waals surface area contributed by atoms with Crippen molar-refractivity contribution in [3.8, 4) is 11.8 Å². The Hall–Kier alpha value is -4.30. The summed E-state index contributed by atoms with van der Waals surface area (Å²) in [6, 6.07) is 5.32. The minimum atomic E-state index is -0.762. The van der Waals surface area contributed by atoms with E-state index in [1.807, 2.05) is 13.0 Å². The fourth-order valence-corrected chi connectivity index (χ4v) is 3.65. The number of halogens is 2. The van der Waals surface area contributed by atoms with Gasteiger partial charge in [-0.1, -0.05) is 11.6 Å². The van der Waals surface area contributed by atoms with Crippen molar-refractivity contribution in [2.75, 3.05) is 16.8 Å². The number of nitrogens with zero attached hydrogens (tertiary/aromatic N) is 6. The average Bonchev–Trinajstić information content (AvgIpc) is 2.75. The summed E-state index contributed by atoms with van der Waals surface area (Å²) in [7, 11) is 0. The maximum Gasteiger partial charge on any atom is 0.267 e. The monoisotopic (exact) mass is 465 g/mol. The molecule has 0 saturated heterocycles. The zero-order valence-corrected chi connectivity index (χ0v) is 18.2. The molecule has 3 aromatic heterocycles. The van der Waals surface area contributed by atoms with Gasteiger partial charge in [0.05, 0.1) is 28.3 Å². The van der Waals surface area contributed by atoms with E-state index in [0.29, 0.717) is 5.69 Å². The summed E-state index contributed by atoms with van der Waals surface area (Å²) >= 11 is 6.23. The van der Waals surface area contributed by atoms with Gasteiger partial charge in [0.15, 0.2) is 5.82 Å². The quantitative estimate of drug-likeness (QED) is 0.411. The zero-order valence-electron chi connectivity index (χ0n) is 17.5. The van der Waals surface area contributed by atoms with E-state index < -0.39 is 17.4 Å². The molecule has 166 valence electrons. The van der Waals surface area contributed by atoms with E-state index in [-0.39, 0.29) is 44.9 Å². The topological polar surface area (TPSA) is 161 Å². The van der Waals surface area contributed by atoms with Crippen LogP contribution in [0.25, 0.3) is 16.6 Å². The molecule has 0 saturated carbocycles. The molecule has 1 unspecified atom stereocenters. The number of nitrogen functional groups attached to an aromatic ring is 2. The predicted molar refractivity (Wildman–Crippen MR) is 122 cm³/mol. The highest BCUT2D eigenvalue weighted by molar-refractivity contribution is 6.35. The molecule has 0 spiro atoms. The maximum absolute atomic E-state index is 14.6. The van der Waals surface area contributed by atoms with Crippen molar-refractivity contribution in [1.82, 2.24) is 24.5 Å². The molecule has 0 fully saturated rings. The third-order valence-corrected chi connectivity index (χ3v) is 5.19. The highest BCUT2D eigenvalue weighted by Gasteiger charge is 2.23. The molecule has 0 amide bonds. The van der Waals surface area contributed by atoms with E-state index in [4.69, 9.17) is 23.1 Å². The van der Waals surface area contributed by atoms with Crippen molar-refractivity contribution in [2.24, 2.45) is 0 Å². The highest BCUT2D eigenvalue weighted by Crippen LogP contribution is 2.27. The van der Waals surface area contributed by atoms with E-state index in [0.717, 1.165) is 11.6 Å². The number of aryl methyl sites for hydroxylation is 1. The molecule has 33 heavy (non-hydrogen) atoms. The summed E-state index contributed by atoms with van der Waals surface area (Å²) < 4.78 is 15.9. The Morgan fingerprint density at radius 3 is 2.70 bits per heavy atom. The average molecular weight is 466 g/mol. The summed E-state index contributed by atoms with van der Waals surface area (Å²) in [6.45, 7) is 3.47. The Balaban J connectivity index is 1.99. The molecule has 5 N–H and O–H groups in total. The van der Waals surface area contributed by atoms with Crippen LogP contribution in [0, 0.1) is 24.1 Å². The molecular weight excluding hydrogens is 449 g/mol. The van der Waals surface area contributed by atoms with Crippen LogP contribution < -0.4 is 22.3 Å². The number of nitriles is 1. The summed E-state index contributed by atoms with van der Waals surface area (Å²) in [4.78, 5) is 29.9. The zero-order chi connectivity index (χ0) is 23.9. The van der Waals surface area contributed by atoms with Gasteiger partial charge < -0.3 is 16.8 Å². The first-order valence-electron chi connectivity index (χ1n) is 9.63. The van der Waals surface area contributed by atoms with E-state index in [9.17, 15) is 14.4 Å². The molecule has 12 heteroatoms. The summed E-state index contributed by atoms with van der Waals surface area (Å²) in [5.74, 6) is -0.789. The van der Waals surface area contributed by atoms with Crippen molar-refractivity contribution in [3.63, 3.8) is 0 Å². The van der Waals surface area contributed by atoms with Crippen molar-refractivity contribution in [1.29, 1.82) is 5.26 Å². The van der Waals surface area contributed by atoms with E-state index in [1.54, 1.807) is 19.2 Å². The minimum Gasteiger partial charge on any atom is -0.382 e. The van der Waals surface area contributed by atoms with Crippen LogP contribution in [-0.2, 0) is 0 Å². The number of aromatic nitrogens is 5. The van der Waals surface area contributed by atoms with Gasteiger partial charge in [-0.15, -0.1) is 0 Å². The molecule has 4 rings (SSSR count). The number of hydrogen-bond acceptors (Lipinski definition) is 9. The molecule has 0 aliphatic heterocycles. The van der Waals surface area contributed by atoms with Gasteiger partial charge >= 0.3 is 0 Å². The first kappa shape index (κ1) is 21.9. The molecule has 0 radical (unpaired) electrons. The molecule has 1 aromatic carbocycles. The normalized spacial score (nSPS) is 11.8. The van der Waals surface area contributed by atoms with Gasteiger partial charge in [0.2, 0.25) is 5.95 Å². The molecule has 3 heterocycles. The van der Waals surface area contributed by atoms with Gasteiger partial charge in [0.25, 0.3) is 5.56 Å². The lowest BCUT2D eigenvalue weighted by molar-refractivity contribution is 0.632. The predicted octanol–water partition coefficient (Wildman–Crippen LogP) is 2.88. The van der Waals surface area contributed by atoms with Crippen LogP contribution in [0.1, 0.15) is 29.9 Å². The van der Waals surface area contributed by atoms with E-state index in [2.05, 4.69) is 25.3 Å². The van der Waals surface area contributed by atoms with Gasteiger partial charge in [-0.05, 0) is 37.6 Å². The molecule has 4 aromatic rings. The summed E-state index contributed by atoms with van der Waals surface area (Å²) in [5.41, 5.74) is 11.9. The first-order valence-corrected chi connectivity index (χ1v) is 10.0. The lowest BCUT2D eigenvalue weighted by atomic mass is 10.2. The minimum absolute atomic E-state index is 0.0304. The fraction of sp³-hybridized carbons (Fsp3) is 0.143. The van der Waals surface area contributed by atoms with Gasteiger partial charge in [0.1, 0.15) is 34.6 Å². The maximum atomic E-state index is 14.6. The number of fused-ring (bicyclic) bond motifs is 1. The lowest BCUT2D eigenvalue weighted by Crippen LogP contribution is -2.28. The Morgan fingerprint density at radius 2 is 2.00 bits per heavy atom. The van der Waals surface area contributed by atoms with E-state index >= 15 is 0 Å². The fourth-order valence-electron chi connectivity index (χ4n) is 3.42. The number of nitrogens with one attached hydrogen (secondary N) is 1. The first-order chi connectivity index (χ1) is 15.7. The number of nitrogens with two attached hydrogens (primary N) is 2. The second-order valence-corrected chi connectivity index (χ2v) is 7.66. The van der Waals surface area contributed by atoms with Crippen LogP contribution in [0.3, 0.4) is 0 Å². The Labute approximate surface area is 191 Å². The van der Waals surface area contributed by atoms with Gasteiger partial charge in [-0.2, -0.15) is 15.2 Å². The Bertz CT molecular complexity index is 1510. The van der Waals surface area contributed by atoms with Crippen LogP contribution in [0.2, 0.25) is 5.02 Å². The SMILES string of the molecule is Cc1cncc(-n2c(C(C)Nc3nc(N)nc(N)c3C#N)nc3c(F)ccc(Cl)c3c2=O)c1. The molecule has 10 nitrogen and oxygen atoms in total. The lowest BCUT2D eigenvalue weighted by Gasteiger charge is -2.21. The van der Waals surface area contributed by atoms with Crippen LogP contribution >= 0.6 is 11.6 Å². The number of pyridine rings is 1. The van der Waals surface area contributed by atoms with Gasteiger partial charge in [-0.25, -0.2) is 9.37 Å².